The third kappa shape index (κ3) is 3.92. The topological polar surface area (TPSA) is 53.4 Å². The van der Waals surface area contributed by atoms with E-state index in [1.807, 2.05) is 22.9 Å². The summed E-state index contributed by atoms with van der Waals surface area (Å²) in [4.78, 5) is 16.0. The Hall–Kier alpha value is -2.30. The van der Waals surface area contributed by atoms with Crippen LogP contribution in [0, 0.1) is 0 Å². The molecule has 1 aliphatic rings. The van der Waals surface area contributed by atoms with Crippen molar-refractivity contribution in [2.24, 2.45) is 0 Å². The third-order valence-electron chi connectivity index (χ3n) is 5.18. The van der Waals surface area contributed by atoms with E-state index in [0.717, 1.165) is 30.6 Å². The maximum Gasteiger partial charge on any atom is 0.300 e. The fourth-order valence-electron chi connectivity index (χ4n) is 3.08. The average Bonchev–Trinajstić information content (AvgIpc) is 3.02. The summed E-state index contributed by atoms with van der Waals surface area (Å²) in [5.41, 5.74) is 2.04. The maximum absolute atomic E-state index is 12.0. The van der Waals surface area contributed by atoms with Gasteiger partial charge in [0.1, 0.15) is 12.4 Å². The van der Waals surface area contributed by atoms with Gasteiger partial charge in [0.05, 0.1) is 6.54 Å². The zero-order valence-electron chi connectivity index (χ0n) is 16.1. The standard InChI is InChI=1S/C21H28N2O3/c1-5-7-15-12-23-13-18(26-20(23)22-19(15)24)14-25-17-10-8-16(9-11-17)21(3,4)6-2/h8-12,18H,5-7,13-14H2,1-4H3. The Labute approximate surface area is 155 Å². The lowest BCUT2D eigenvalue weighted by Gasteiger charge is -2.23. The summed E-state index contributed by atoms with van der Waals surface area (Å²) >= 11 is 0. The van der Waals surface area contributed by atoms with Crippen molar-refractivity contribution in [3.8, 4) is 11.8 Å². The van der Waals surface area contributed by atoms with Crippen molar-refractivity contribution in [3.63, 3.8) is 0 Å². The average molecular weight is 356 g/mol. The number of hydrogen-bond acceptors (Lipinski definition) is 4. The Morgan fingerprint density at radius 2 is 2.00 bits per heavy atom. The molecule has 3 rings (SSSR count). The Morgan fingerprint density at radius 1 is 1.27 bits per heavy atom. The highest BCUT2D eigenvalue weighted by Gasteiger charge is 2.25. The molecule has 1 aromatic carbocycles. The molecule has 26 heavy (non-hydrogen) atoms. The van der Waals surface area contributed by atoms with Crippen LogP contribution >= 0.6 is 0 Å². The largest absolute Gasteiger partial charge is 0.490 e. The van der Waals surface area contributed by atoms with Crippen molar-refractivity contribution >= 4 is 0 Å². The molecule has 0 aliphatic carbocycles. The van der Waals surface area contributed by atoms with E-state index in [-0.39, 0.29) is 17.1 Å². The van der Waals surface area contributed by atoms with E-state index in [0.29, 0.717) is 19.2 Å². The second-order valence-electron chi connectivity index (χ2n) is 7.57. The molecule has 0 amide bonds. The first kappa shape index (κ1) is 18.5. The number of nitrogens with zero attached hydrogens (tertiary/aromatic N) is 2. The van der Waals surface area contributed by atoms with Gasteiger partial charge in [-0.15, -0.1) is 0 Å². The van der Waals surface area contributed by atoms with E-state index in [4.69, 9.17) is 9.47 Å². The van der Waals surface area contributed by atoms with Gasteiger partial charge in [0.2, 0.25) is 0 Å². The smallest absolute Gasteiger partial charge is 0.300 e. The summed E-state index contributed by atoms with van der Waals surface area (Å²) in [5, 5.41) is 0. The predicted octanol–water partition coefficient (Wildman–Crippen LogP) is 3.72. The first-order valence-electron chi connectivity index (χ1n) is 9.43. The molecule has 1 unspecified atom stereocenters. The zero-order valence-corrected chi connectivity index (χ0v) is 16.1. The van der Waals surface area contributed by atoms with Crippen LogP contribution in [0.5, 0.6) is 11.8 Å². The third-order valence-corrected chi connectivity index (χ3v) is 5.18. The molecule has 0 saturated heterocycles. The second kappa shape index (κ2) is 7.52. The summed E-state index contributed by atoms with van der Waals surface area (Å²) in [6.07, 6.45) is 4.50. The van der Waals surface area contributed by atoms with Crippen LogP contribution in [0.15, 0.2) is 35.3 Å². The van der Waals surface area contributed by atoms with Crippen LogP contribution in [-0.2, 0) is 18.4 Å². The van der Waals surface area contributed by atoms with Gasteiger partial charge in [0.25, 0.3) is 11.6 Å². The number of ether oxygens (including phenoxy) is 2. The van der Waals surface area contributed by atoms with E-state index in [9.17, 15) is 4.79 Å². The van der Waals surface area contributed by atoms with Crippen LogP contribution in [0.3, 0.4) is 0 Å². The molecule has 1 aliphatic heterocycles. The zero-order chi connectivity index (χ0) is 18.7. The van der Waals surface area contributed by atoms with Gasteiger partial charge >= 0.3 is 0 Å². The molecule has 5 heteroatoms. The lowest BCUT2D eigenvalue weighted by atomic mass is 9.82. The van der Waals surface area contributed by atoms with Crippen LogP contribution in [0.25, 0.3) is 0 Å². The summed E-state index contributed by atoms with van der Waals surface area (Å²) < 4.78 is 13.6. The van der Waals surface area contributed by atoms with E-state index in [1.165, 1.54) is 5.56 Å². The van der Waals surface area contributed by atoms with Crippen molar-refractivity contribution in [1.82, 2.24) is 9.55 Å². The van der Waals surface area contributed by atoms with Crippen molar-refractivity contribution in [3.05, 3.63) is 51.9 Å². The van der Waals surface area contributed by atoms with Crippen molar-refractivity contribution in [2.75, 3.05) is 6.61 Å². The van der Waals surface area contributed by atoms with E-state index < -0.39 is 0 Å². The van der Waals surface area contributed by atoms with Gasteiger partial charge in [-0.3, -0.25) is 9.36 Å². The Bertz CT molecular complexity index is 809. The molecule has 0 bridgehead atoms. The molecule has 0 radical (unpaired) electrons. The molecule has 0 spiro atoms. The highest BCUT2D eigenvalue weighted by molar-refractivity contribution is 5.31. The monoisotopic (exact) mass is 356 g/mol. The molecule has 140 valence electrons. The van der Waals surface area contributed by atoms with Crippen LogP contribution in [0.4, 0.5) is 0 Å². The highest BCUT2D eigenvalue weighted by atomic mass is 16.6. The van der Waals surface area contributed by atoms with Crippen molar-refractivity contribution in [1.29, 1.82) is 0 Å². The van der Waals surface area contributed by atoms with Crippen molar-refractivity contribution in [2.45, 2.75) is 65.0 Å². The van der Waals surface area contributed by atoms with Gasteiger partial charge in [-0.05, 0) is 36.0 Å². The first-order valence-corrected chi connectivity index (χ1v) is 9.43. The van der Waals surface area contributed by atoms with Gasteiger partial charge in [-0.25, -0.2) is 0 Å². The number of hydrogen-bond donors (Lipinski definition) is 0. The minimum Gasteiger partial charge on any atom is -0.490 e. The normalized spacial score (nSPS) is 16.2. The Kier molecular flexibility index (Phi) is 5.35. The fourth-order valence-corrected chi connectivity index (χ4v) is 3.08. The lowest BCUT2D eigenvalue weighted by molar-refractivity contribution is 0.143. The van der Waals surface area contributed by atoms with E-state index in [2.05, 4.69) is 44.8 Å². The summed E-state index contributed by atoms with van der Waals surface area (Å²) in [7, 11) is 0. The van der Waals surface area contributed by atoms with E-state index in [1.54, 1.807) is 0 Å². The van der Waals surface area contributed by atoms with E-state index >= 15 is 0 Å². The van der Waals surface area contributed by atoms with Gasteiger partial charge in [0, 0.05) is 11.8 Å². The van der Waals surface area contributed by atoms with Crippen molar-refractivity contribution < 1.29 is 9.47 Å². The molecule has 0 N–H and O–H groups in total. The predicted molar refractivity (Wildman–Crippen MR) is 102 cm³/mol. The SMILES string of the molecule is CCCc1cn2c(nc1=O)OC(COc1ccc(C(C)(C)CC)cc1)C2. The minimum absolute atomic E-state index is 0.134. The molecular formula is C21H28N2O3. The number of aryl methyl sites for hydroxylation is 1. The number of aromatic nitrogens is 2. The molecule has 5 nitrogen and oxygen atoms in total. The van der Waals surface area contributed by atoms with Crippen LogP contribution < -0.4 is 15.0 Å². The molecule has 0 fully saturated rings. The van der Waals surface area contributed by atoms with Crippen LogP contribution in [-0.4, -0.2) is 22.3 Å². The Morgan fingerprint density at radius 3 is 2.65 bits per heavy atom. The minimum atomic E-state index is -0.186. The van der Waals surface area contributed by atoms with Gasteiger partial charge < -0.3 is 9.47 Å². The fraction of sp³-hybridized carbons (Fsp3) is 0.524. The maximum atomic E-state index is 12.0. The second-order valence-corrected chi connectivity index (χ2v) is 7.57. The van der Waals surface area contributed by atoms with Gasteiger partial charge in [-0.1, -0.05) is 46.2 Å². The summed E-state index contributed by atoms with van der Waals surface area (Å²) in [6.45, 7) is 9.82. The quantitative estimate of drug-likeness (QED) is 0.759. The van der Waals surface area contributed by atoms with Crippen LogP contribution in [0.2, 0.25) is 0 Å². The number of benzene rings is 1. The van der Waals surface area contributed by atoms with Gasteiger partial charge in [0.15, 0.2) is 6.10 Å². The summed E-state index contributed by atoms with van der Waals surface area (Å²) in [6, 6.07) is 8.66. The van der Waals surface area contributed by atoms with Gasteiger partial charge in [-0.2, -0.15) is 4.98 Å². The molecule has 1 atom stereocenters. The molecule has 1 aromatic heterocycles. The number of rotatable bonds is 7. The highest BCUT2D eigenvalue weighted by Crippen LogP contribution is 2.28. The van der Waals surface area contributed by atoms with Crippen LogP contribution in [0.1, 0.15) is 51.7 Å². The number of fused-ring (bicyclic) bond motifs is 1. The summed E-state index contributed by atoms with van der Waals surface area (Å²) in [5.74, 6) is 0.828. The molecule has 2 heterocycles. The Balaban J connectivity index is 1.60. The molecule has 2 aromatic rings. The molecular weight excluding hydrogens is 328 g/mol. The first-order chi connectivity index (χ1) is 12.4. The lowest BCUT2D eigenvalue weighted by Crippen LogP contribution is -2.23. The molecule has 0 saturated carbocycles.